The van der Waals surface area contributed by atoms with Gasteiger partial charge in [-0.05, 0) is 169 Å². The molecule has 12 atom stereocenters. The van der Waals surface area contributed by atoms with E-state index in [0.717, 1.165) is 152 Å². The molecular weight excluding hydrogens is 1830 g/mol. The number of nitriles is 4. The summed E-state index contributed by atoms with van der Waals surface area (Å²) in [6, 6.07) is 63.0. The van der Waals surface area contributed by atoms with E-state index in [2.05, 4.69) is 131 Å². The van der Waals surface area contributed by atoms with Crippen LogP contribution in [-0.2, 0) is 73.2 Å². The molecular formula is C120H101F3N18O5. The van der Waals surface area contributed by atoms with Crippen molar-refractivity contribution in [2.75, 3.05) is 0 Å². The van der Waals surface area contributed by atoms with Crippen molar-refractivity contribution in [3.05, 3.63) is 315 Å². The minimum atomic E-state index is -0.753. The maximum atomic E-state index is 15.2. The first kappa shape index (κ1) is 95.7. The number of halogens is 3. The molecule has 0 unspecified atom stereocenters. The maximum absolute atomic E-state index is 15.2. The summed E-state index contributed by atoms with van der Waals surface area (Å²) in [6.45, 7) is 19.4. The van der Waals surface area contributed by atoms with Gasteiger partial charge in [0.05, 0.1) is 84.4 Å². The molecule has 23 nitrogen and oxygen atoms in total. The van der Waals surface area contributed by atoms with Crippen LogP contribution in [0.5, 0.6) is 5.88 Å². The van der Waals surface area contributed by atoms with Gasteiger partial charge in [0, 0.05) is 123 Å². The zero-order chi connectivity index (χ0) is 102. The van der Waals surface area contributed by atoms with Gasteiger partial charge in [-0.1, -0.05) is 212 Å². The number of fused-ring (bicyclic) bond motifs is 16. The number of pyridine rings is 2. The van der Waals surface area contributed by atoms with E-state index in [1.807, 2.05) is 132 Å². The van der Waals surface area contributed by atoms with Crippen molar-refractivity contribution in [3.63, 3.8) is 0 Å². The average Bonchev–Trinajstić information content (AvgIpc) is 0.769. The van der Waals surface area contributed by atoms with Crippen molar-refractivity contribution < 1.29 is 37.1 Å². The van der Waals surface area contributed by atoms with Crippen molar-refractivity contribution in [3.8, 4) is 110 Å². The monoisotopic (exact) mass is 1930 g/mol. The van der Waals surface area contributed by atoms with Gasteiger partial charge < -0.3 is 4.74 Å². The maximum Gasteiger partial charge on any atom is 0.220 e. The molecule has 9 aliphatic carbocycles. The third kappa shape index (κ3) is 16.4. The predicted octanol–water partition coefficient (Wildman–Crippen LogP) is 23.2. The van der Waals surface area contributed by atoms with Crippen LogP contribution in [0.4, 0.5) is 13.2 Å². The van der Waals surface area contributed by atoms with E-state index in [0.29, 0.717) is 98.8 Å². The Labute approximate surface area is 842 Å². The summed E-state index contributed by atoms with van der Waals surface area (Å²) < 4.78 is 50.1. The summed E-state index contributed by atoms with van der Waals surface area (Å²) in [5, 5.41) is 42.1. The van der Waals surface area contributed by atoms with Gasteiger partial charge in [-0.3, -0.25) is 24.2 Å². The first-order chi connectivity index (χ1) is 70.6. The van der Waals surface area contributed by atoms with Crippen molar-refractivity contribution in [1.29, 1.82) is 21.0 Å². The normalized spacial score (nSPS) is 23.5. The quantitative estimate of drug-likeness (QED) is 0.123. The minimum Gasteiger partial charge on any atom is -0.474 e. The third-order valence-electron chi connectivity index (χ3n) is 32.3. The Morgan fingerprint density at radius 3 is 1.27 bits per heavy atom. The molecule has 0 radical (unpaired) electrons. The van der Waals surface area contributed by atoms with Crippen LogP contribution in [-0.4, -0.2) is 99.0 Å². The Hall–Kier alpha value is -16.5. The van der Waals surface area contributed by atoms with Gasteiger partial charge in [0.15, 0.2) is 46.4 Å². The average molecular weight is 1930 g/mol. The lowest BCUT2D eigenvalue weighted by Crippen LogP contribution is -2.46. The largest absolute Gasteiger partial charge is 0.474 e. The standard InChI is InChI=1S/C31H24F2N4O.2C30H25N5O.C29H27FN4O2/c1-17-24-12-11-22-27(21-8-3-5-9-25(21)33)36-30(37-29(22)31(24,2)14-18(16-34)28(17)38)23-13-19(15-32)35-26-10-6-4-7-20(23)26;1-17-7-6-8-19(13-17)25-22-11-12-23-18(2)27(36)20(15-31)14-30(23,3)28(22)35-29(34-25)26-21-9-4-5-10-24(21)32-16-33-26;1-17-8-10-19(11-9-17)25-22-12-13-23-18(2)27(36)20(15-31)14-30(23,3)28(22)35-29(34-25)26-21-6-4-5-7-24(21)32-16-33-26;1-16-22-11-10-21-26(29(22,2)14-17(15-31)25(16)35)33-27(34-28(21)36-18-6-3-4-7-18)20-12-13-32-24-19(20)8-5-9-23(24)30/h3-10,13-14,17,24H,11-12,15H2,1-2H3;4-10,13-14,16,18,23H,11-12H2,1-3H3;4-11,14,16,18,23H,12-13H2,1-3H3;5,8-9,12-14,16,18,22H,3-4,6-7,10-11H2,1-2H3/t17-,24-,31-;2*18-,23-,30-;16-,22-,29-/m1111/s1. The Morgan fingerprint density at radius 1 is 0.363 bits per heavy atom. The highest BCUT2D eigenvalue weighted by molar-refractivity contribution is 6.05. The smallest absolute Gasteiger partial charge is 0.220 e. The number of rotatable bonds is 10. The Bertz CT molecular complexity index is 8340. The molecule has 9 aliphatic rings. The van der Waals surface area contributed by atoms with Crippen LogP contribution >= 0.6 is 0 Å². The topological polar surface area (TPSA) is 353 Å². The second-order valence-corrected chi connectivity index (χ2v) is 40.9. The number of carbonyl (C=O) groups is 4. The fourth-order valence-corrected chi connectivity index (χ4v) is 24.8. The molecule has 24 rings (SSSR count). The molecule has 8 aromatic heterocycles. The molecule has 1 fully saturated rings. The van der Waals surface area contributed by atoms with Gasteiger partial charge in [-0.15, -0.1) is 0 Å². The molecule has 8 heterocycles. The third-order valence-corrected chi connectivity index (χ3v) is 32.3. The lowest BCUT2D eigenvalue weighted by Gasteiger charge is -2.45. The van der Waals surface area contributed by atoms with E-state index in [9.17, 15) is 49.0 Å². The van der Waals surface area contributed by atoms with E-state index in [1.165, 1.54) is 17.7 Å². The molecule has 7 aromatic carbocycles. The molecule has 15 aromatic rings. The zero-order valence-corrected chi connectivity index (χ0v) is 82.4. The van der Waals surface area contributed by atoms with Crippen molar-refractivity contribution >= 4 is 66.7 Å². The second-order valence-electron chi connectivity index (χ2n) is 40.9. The summed E-state index contributed by atoms with van der Waals surface area (Å²) in [4.78, 5) is 119. The Kier molecular flexibility index (Phi) is 24.9. The number of Topliss-reactive ketones (excluding diaryl/α,β-unsaturated/α-hetero) is 4. The summed E-state index contributed by atoms with van der Waals surface area (Å²) >= 11 is 0. The zero-order valence-electron chi connectivity index (χ0n) is 82.4. The highest BCUT2D eigenvalue weighted by Gasteiger charge is 2.55. The number of benzene rings is 7. The summed E-state index contributed by atoms with van der Waals surface area (Å²) in [5.74, 6) is 0.118. The van der Waals surface area contributed by atoms with Crippen molar-refractivity contribution in [2.24, 2.45) is 47.3 Å². The highest BCUT2D eigenvalue weighted by Crippen LogP contribution is 2.57. The van der Waals surface area contributed by atoms with E-state index < -0.39 is 40.0 Å². The highest BCUT2D eigenvalue weighted by atomic mass is 19.1. The van der Waals surface area contributed by atoms with Gasteiger partial charge >= 0.3 is 0 Å². The van der Waals surface area contributed by atoms with Gasteiger partial charge in [0.2, 0.25) is 5.88 Å². The van der Waals surface area contributed by atoms with Crippen molar-refractivity contribution in [2.45, 2.75) is 181 Å². The Morgan fingerprint density at radius 2 is 0.781 bits per heavy atom. The van der Waals surface area contributed by atoms with Crippen molar-refractivity contribution in [1.82, 2.24) is 69.8 Å². The molecule has 0 N–H and O–H groups in total. The lowest BCUT2D eigenvalue weighted by molar-refractivity contribution is -0.122. The fourth-order valence-electron chi connectivity index (χ4n) is 24.8. The first-order valence-corrected chi connectivity index (χ1v) is 49.9. The van der Waals surface area contributed by atoms with Crippen LogP contribution in [0.2, 0.25) is 0 Å². The van der Waals surface area contributed by atoms with Gasteiger partial charge in [-0.25, -0.2) is 73.0 Å². The number of ketones is 4. The number of hydrogen-bond acceptors (Lipinski definition) is 23. The molecule has 146 heavy (non-hydrogen) atoms. The van der Waals surface area contributed by atoms with E-state index in [-0.39, 0.29) is 110 Å². The van der Waals surface area contributed by atoms with Gasteiger partial charge in [-0.2, -0.15) is 26.0 Å². The van der Waals surface area contributed by atoms with Gasteiger partial charge in [0.1, 0.15) is 78.2 Å². The molecule has 1 saturated carbocycles. The molecule has 0 bridgehead atoms. The van der Waals surface area contributed by atoms with Crippen LogP contribution in [0.3, 0.4) is 0 Å². The number of nitrogens with zero attached hydrogens (tertiary/aromatic N) is 18. The minimum absolute atomic E-state index is 0.0170. The fraction of sp³-hybridized carbons (Fsp3) is 0.300. The summed E-state index contributed by atoms with van der Waals surface area (Å²) in [5.41, 5.74) is 17.8. The number of carbonyl (C=O) groups excluding carboxylic acids is 4. The molecule has 0 amide bonds. The molecule has 0 aliphatic heterocycles. The van der Waals surface area contributed by atoms with Crippen LogP contribution in [0, 0.1) is 118 Å². The molecule has 722 valence electrons. The van der Waals surface area contributed by atoms with Crippen LogP contribution in [0.25, 0.3) is 123 Å². The number of aryl methyl sites for hydroxylation is 2. The number of aromatic nitrogens is 14. The van der Waals surface area contributed by atoms with Crippen LogP contribution < -0.4 is 4.74 Å². The molecule has 0 saturated heterocycles. The second kappa shape index (κ2) is 38.0. The number of allylic oxidation sites excluding steroid dienone is 8. The van der Waals surface area contributed by atoms with Crippen LogP contribution in [0.1, 0.15) is 169 Å². The summed E-state index contributed by atoms with van der Waals surface area (Å²) in [7, 11) is 0. The lowest BCUT2D eigenvalue weighted by atomic mass is 9.57. The summed E-state index contributed by atoms with van der Waals surface area (Å²) in [6.07, 6.45) is 22.2. The van der Waals surface area contributed by atoms with E-state index in [4.69, 9.17) is 44.6 Å². The first-order valence-electron chi connectivity index (χ1n) is 49.9. The Balaban J connectivity index is 0.000000114. The number of para-hydroxylation sites is 4. The number of alkyl halides is 1. The van der Waals surface area contributed by atoms with Crippen LogP contribution in [0.15, 0.2) is 241 Å². The molecule has 0 spiro atoms. The van der Waals surface area contributed by atoms with E-state index >= 15 is 4.39 Å². The van der Waals surface area contributed by atoms with Gasteiger partial charge in [0.25, 0.3) is 0 Å². The SMILES string of the molecule is C[C@H]1C(=O)C(C#N)=C[C@@]2(C)c3nc(-c4cc(CF)nc5ccccc45)nc(-c4ccccc4F)c3CC[C@H]12.C[C@H]1C(=O)C(C#N)=C[C@@]2(C)c3nc(-c4ccnc5c(F)cccc45)nc(OC4CCCC4)c3CC[C@H]12.Cc1ccc(-c2nc(-c3ncnc4ccccc34)nc3c2CC[C@@H]2[C@@H](C)C(=O)C(C#N)=C[C@@]32C)cc1.Cc1cccc(-c2nc(-c3ncnc4ccccc34)nc3c2CC[C@@H]2[C@@H](C)C(=O)C(C#N)=C[C@@]32C)c1. The number of hydrogen-bond donors (Lipinski definition) is 0. The molecule has 26 heteroatoms. The van der Waals surface area contributed by atoms with E-state index in [1.54, 1.807) is 67.4 Å². The number of ether oxygens (including phenoxy) is 1. The predicted molar refractivity (Wildman–Crippen MR) is 548 cm³/mol.